The van der Waals surface area contributed by atoms with Crippen LogP contribution in [0.5, 0.6) is 0 Å². The van der Waals surface area contributed by atoms with Gasteiger partial charge >= 0.3 is 17.9 Å². The number of aliphatic carboxylic acids is 3. The number of nitrogens with zero attached hydrogens (tertiary/aromatic N) is 1. The predicted octanol–water partition coefficient (Wildman–Crippen LogP) is -5.15. The van der Waals surface area contributed by atoms with Crippen molar-refractivity contribution in [1.29, 1.82) is 0 Å². The third kappa shape index (κ3) is 28.7. The van der Waals surface area contributed by atoms with Crippen LogP contribution in [0.3, 0.4) is 0 Å². The third-order valence-electron chi connectivity index (χ3n) is 16.2. The summed E-state index contributed by atoms with van der Waals surface area (Å²) in [6.07, 6.45) is -1.18. The average Bonchev–Trinajstić information content (AvgIpc) is 1.73. The van der Waals surface area contributed by atoms with E-state index < -0.39 is 199 Å². The Morgan fingerprint density at radius 2 is 0.825 bits per heavy atom. The molecule has 0 saturated carbocycles. The van der Waals surface area contributed by atoms with E-state index in [1.54, 1.807) is 60.9 Å². The van der Waals surface area contributed by atoms with Gasteiger partial charge in [0, 0.05) is 77.9 Å². The molecule has 0 fully saturated rings. The van der Waals surface area contributed by atoms with Crippen LogP contribution in [0.2, 0.25) is 0 Å². The van der Waals surface area contributed by atoms with Gasteiger partial charge in [-0.1, -0.05) is 36.4 Å². The van der Waals surface area contributed by atoms with Crippen molar-refractivity contribution in [3.63, 3.8) is 0 Å². The van der Waals surface area contributed by atoms with Gasteiger partial charge in [0.25, 0.3) is 0 Å². The first-order valence-corrected chi connectivity index (χ1v) is 34.4. The summed E-state index contributed by atoms with van der Waals surface area (Å²) >= 11 is 8.45. The molecule has 12 atom stereocenters. The van der Waals surface area contributed by atoms with E-state index >= 15 is 0 Å². The molecule has 37 nitrogen and oxygen atoms in total. The molecule has 0 aliphatic heterocycles. The van der Waals surface area contributed by atoms with Crippen LogP contribution in [0.4, 0.5) is 0 Å². The molecule has 2 aromatic carbocycles. The van der Waals surface area contributed by atoms with Crippen LogP contribution < -0.4 is 87.6 Å². The lowest BCUT2D eigenvalue weighted by Gasteiger charge is -2.28. The van der Waals surface area contributed by atoms with Gasteiger partial charge in [-0.25, -0.2) is 4.79 Å². The number of hydrogen-bond acceptors (Lipinski definition) is 21. The number of H-pyrrole nitrogens is 2. The lowest BCUT2D eigenvalue weighted by molar-refractivity contribution is -0.142. The van der Waals surface area contributed by atoms with Gasteiger partial charge in [0.2, 0.25) is 65.0 Å². The molecule has 2 aromatic heterocycles. The quantitative estimate of drug-likeness (QED) is 0.00851. The Labute approximate surface area is 602 Å². The van der Waals surface area contributed by atoms with Gasteiger partial charge in [0.15, 0.2) is 5.96 Å². The van der Waals surface area contributed by atoms with E-state index in [2.05, 4.69) is 93.4 Å². The van der Waals surface area contributed by atoms with Crippen LogP contribution in [0.15, 0.2) is 65.9 Å². The fraction of sp³-hybridized carbons (Fsp3) is 0.516. The van der Waals surface area contributed by atoms with Gasteiger partial charge in [-0.05, 0) is 107 Å². The van der Waals surface area contributed by atoms with E-state index in [-0.39, 0.29) is 70.5 Å². The first kappa shape index (κ1) is 85.3. The van der Waals surface area contributed by atoms with Crippen molar-refractivity contribution in [2.24, 2.45) is 39.4 Å². The van der Waals surface area contributed by atoms with Crippen molar-refractivity contribution in [3.05, 3.63) is 72.1 Å². The number of carbonyl (C=O) groups excluding carboxylic acids is 11. The second-order valence-electron chi connectivity index (χ2n) is 24.3. The summed E-state index contributed by atoms with van der Waals surface area (Å²) in [5, 5.41) is 65.6. The number of hydrogen-bond donors (Lipinski definition) is 24. The number of nitrogens with one attached hydrogen (secondary N) is 12. The Kier molecular flexibility index (Phi) is 36.2. The first-order chi connectivity index (χ1) is 48.9. The van der Waals surface area contributed by atoms with Crippen molar-refractivity contribution in [1.82, 2.24) is 63.1 Å². The maximum absolute atomic E-state index is 14.5. The number of thiol groups is 2. The van der Waals surface area contributed by atoms with Crippen LogP contribution in [-0.4, -0.2) is 223 Å². The molecule has 39 heteroatoms. The van der Waals surface area contributed by atoms with Gasteiger partial charge < -0.3 is 118 Å². The SMILES string of the molecule is C[C@@H](O)[C@H](NC(=O)[C@H](CCC(=O)O)NC(=O)[C@H](Cc1c[nH]c2ccccc12)NC(=O)[C@@H](N)CC(=O)O)C(=O)N[C@@H](CS)C(=O)N[C@@H](CS)C(=O)N[C@@H](CCCN=C(N)N)C(=O)N[C@@H](CCCCN)C(=O)N[C@@H](CCC(N)=O)C(=O)N[C@@H](Cc1c[nH]c2ccccc12)C(=O)N[C@@H](CCCCN)C(=O)O. The van der Waals surface area contributed by atoms with E-state index in [4.69, 9.17) is 34.4 Å². The van der Waals surface area contributed by atoms with Gasteiger partial charge in [0.05, 0.1) is 18.6 Å². The lowest BCUT2D eigenvalue weighted by Crippen LogP contribution is -2.62. The molecule has 0 spiro atoms. The Hall–Kier alpha value is -10.1. The zero-order valence-electron chi connectivity index (χ0n) is 56.7. The summed E-state index contributed by atoms with van der Waals surface area (Å²) in [7, 11) is 0. The van der Waals surface area contributed by atoms with Crippen LogP contribution in [0.1, 0.15) is 102 Å². The Morgan fingerprint density at radius 1 is 0.456 bits per heavy atom. The summed E-state index contributed by atoms with van der Waals surface area (Å²) in [4.78, 5) is 199. The number of benzene rings is 2. The maximum atomic E-state index is 14.5. The van der Waals surface area contributed by atoms with E-state index in [9.17, 15) is 87.5 Å². The summed E-state index contributed by atoms with van der Waals surface area (Å²) in [5.74, 6) is -17.0. The second-order valence-corrected chi connectivity index (χ2v) is 25.0. The van der Waals surface area contributed by atoms with Crippen molar-refractivity contribution >= 4 is 136 Å². The maximum Gasteiger partial charge on any atom is 0.326 e. The van der Waals surface area contributed by atoms with Crippen LogP contribution in [0, 0.1) is 0 Å². The molecule has 4 aromatic rings. The first-order valence-electron chi connectivity index (χ1n) is 33.1. The highest BCUT2D eigenvalue weighted by Gasteiger charge is 2.38. The monoisotopic (exact) mass is 1480 g/mol. The molecule has 103 heavy (non-hydrogen) atoms. The van der Waals surface area contributed by atoms with Crippen LogP contribution in [0.25, 0.3) is 21.8 Å². The predicted molar refractivity (Wildman–Crippen MR) is 382 cm³/mol. The lowest BCUT2D eigenvalue weighted by atomic mass is 10.0. The molecule has 566 valence electrons. The highest BCUT2D eigenvalue weighted by Crippen LogP contribution is 2.22. The number of carboxylic acids is 3. The molecule has 0 bridgehead atoms. The van der Waals surface area contributed by atoms with Crippen molar-refractivity contribution in [2.45, 2.75) is 176 Å². The minimum Gasteiger partial charge on any atom is -0.481 e. The smallest absolute Gasteiger partial charge is 0.326 e. The van der Waals surface area contributed by atoms with Gasteiger partial charge in [-0.2, -0.15) is 25.3 Å². The molecule has 0 aliphatic rings. The summed E-state index contributed by atoms with van der Waals surface area (Å²) in [5.41, 5.74) is 36.2. The standard InChI is InChI=1S/C64H95N19O18S2/c1-32(84)52(83-57(94)43(19-21-50(86)87)77-58(95)45(79-53(90)37(67)27-51(88)89)25-33-28-72-38-13-4-2-11-35(33)38)62(99)82-48(31-103)61(98)81-47(30-102)60(97)75-41(17-10-24-71-64(69)70)55(92)74-40(15-6-8-22-65)54(91)76-42(18-20-49(68)85)56(93)80-46(26-34-29-73-39-14-5-3-12-36(34)39)59(96)78-44(63(100)101)16-7-9-23-66/h2-5,11-14,28-29,32,37,40-48,52,72-73,84,102-103H,6-10,15-27,30-31,65-67H2,1H3,(H2,68,85)(H,74,92)(H,75,97)(H,76,91)(H,77,95)(H,78,96)(H,79,90)(H,80,93)(H,81,98)(H,82,99)(H,83,94)(H,86,87)(H,88,89)(H,100,101)(H4,69,70,71)/t32-,37+,40+,41+,42+,43+,44+,45+,46+,47+,48+,52+/m1/s1. The molecule has 28 N–H and O–H groups in total. The van der Waals surface area contributed by atoms with Gasteiger partial charge in [-0.15, -0.1) is 0 Å². The minimum absolute atomic E-state index is 0.00371. The van der Waals surface area contributed by atoms with E-state index in [1.165, 1.54) is 0 Å². The third-order valence-corrected chi connectivity index (χ3v) is 16.9. The van der Waals surface area contributed by atoms with Crippen molar-refractivity contribution in [2.75, 3.05) is 31.1 Å². The number of aliphatic hydroxyl groups excluding tert-OH is 1. The molecular weight excluding hydrogens is 1390 g/mol. The normalized spacial score (nSPS) is 14.7. The van der Waals surface area contributed by atoms with Gasteiger partial charge in [0.1, 0.15) is 60.4 Å². The average molecular weight is 1480 g/mol. The topological polar surface area (TPSA) is 640 Å². The number of guanidine groups is 1. The number of nitrogens with two attached hydrogens (primary N) is 6. The molecule has 4 rings (SSSR count). The fourth-order valence-electron chi connectivity index (χ4n) is 10.6. The number of aliphatic hydroxyl groups is 1. The summed E-state index contributed by atoms with van der Waals surface area (Å²) < 4.78 is 0. The molecular formula is C64H95N19O18S2. The van der Waals surface area contributed by atoms with E-state index in [0.717, 1.165) is 6.92 Å². The number of rotatable bonds is 48. The summed E-state index contributed by atoms with van der Waals surface area (Å²) in [6, 6.07) is -3.86. The second kappa shape index (κ2) is 43.7. The number of carbonyl (C=O) groups is 14. The zero-order valence-corrected chi connectivity index (χ0v) is 58.4. The van der Waals surface area contributed by atoms with Crippen molar-refractivity contribution in [3.8, 4) is 0 Å². The van der Waals surface area contributed by atoms with Crippen LogP contribution >= 0.6 is 25.3 Å². The highest BCUT2D eigenvalue weighted by molar-refractivity contribution is 7.80. The number of aromatic nitrogens is 2. The number of aliphatic imine (C=N–C) groups is 1. The molecule has 11 amide bonds. The number of fused-ring (bicyclic) bond motifs is 2. The number of carboxylic acid groups (broad SMARTS) is 3. The van der Waals surface area contributed by atoms with E-state index in [0.29, 0.717) is 52.2 Å². The number of aromatic amines is 2. The van der Waals surface area contributed by atoms with Crippen molar-refractivity contribution < 1.29 is 87.5 Å². The Bertz CT molecular complexity index is 3630. The number of unbranched alkanes of at least 4 members (excludes halogenated alkanes) is 2. The number of amides is 11. The molecule has 0 saturated heterocycles. The molecule has 0 radical (unpaired) electrons. The van der Waals surface area contributed by atoms with Crippen LogP contribution in [-0.2, 0) is 80.0 Å². The molecule has 0 unspecified atom stereocenters. The molecule has 2 heterocycles. The number of primary amides is 1. The van der Waals surface area contributed by atoms with Gasteiger partial charge in [-0.3, -0.25) is 67.3 Å². The largest absolute Gasteiger partial charge is 0.481 e. The highest BCUT2D eigenvalue weighted by atomic mass is 32.1. The Balaban J connectivity index is 1.56. The number of para-hydroxylation sites is 2. The Morgan fingerprint density at radius 3 is 1.24 bits per heavy atom. The van der Waals surface area contributed by atoms with E-state index in [1.807, 2.05) is 0 Å². The minimum atomic E-state index is -1.95. The molecule has 0 aliphatic carbocycles. The zero-order chi connectivity index (χ0) is 76.5. The summed E-state index contributed by atoms with van der Waals surface area (Å²) in [6.45, 7) is 1.40. The fourth-order valence-corrected chi connectivity index (χ4v) is 11.1.